The second kappa shape index (κ2) is 6.44. The molecule has 8 heteroatoms. The first kappa shape index (κ1) is 17.9. The van der Waals surface area contributed by atoms with Crippen LogP contribution in [0.25, 0.3) is 0 Å². The van der Waals surface area contributed by atoms with Gasteiger partial charge in [0.25, 0.3) is 0 Å². The van der Waals surface area contributed by atoms with Crippen LogP contribution in [-0.4, -0.2) is 18.0 Å². The fraction of sp³-hybridized carbons (Fsp3) is 0.278. The van der Waals surface area contributed by atoms with Gasteiger partial charge >= 0.3 is 12.4 Å². The van der Waals surface area contributed by atoms with Crippen LogP contribution in [0, 0.1) is 0 Å². The summed E-state index contributed by atoms with van der Waals surface area (Å²) in [7, 11) is 0. The Kier molecular flexibility index (Phi) is 4.43. The molecule has 0 bridgehead atoms. The van der Waals surface area contributed by atoms with Gasteiger partial charge in [0, 0.05) is 17.7 Å². The predicted molar refractivity (Wildman–Crippen MR) is 90.6 cm³/mol. The highest BCUT2D eigenvalue weighted by molar-refractivity contribution is 6.00. The van der Waals surface area contributed by atoms with E-state index in [1.807, 2.05) is 26.0 Å². The Labute approximate surface area is 148 Å². The van der Waals surface area contributed by atoms with Crippen LogP contribution < -0.4 is 20.1 Å². The maximum atomic E-state index is 12.2. The fourth-order valence-electron chi connectivity index (χ4n) is 2.74. The third-order valence-corrected chi connectivity index (χ3v) is 3.69. The number of nitrogens with one attached hydrogen (secondary N) is 2. The quantitative estimate of drug-likeness (QED) is 0.809. The molecule has 1 aliphatic rings. The molecule has 0 radical (unpaired) electrons. The van der Waals surface area contributed by atoms with Crippen molar-refractivity contribution in [2.75, 3.05) is 10.6 Å². The number of hydrogen-bond acceptors (Lipinski definition) is 3. The van der Waals surface area contributed by atoms with Gasteiger partial charge in [-0.2, -0.15) is 0 Å². The molecule has 1 aliphatic heterocycles. The van der Waals surface area contributed by atoms with Crippen molar-refractivity contribution in [1.29, 1.82) is 0 Å². The summed E-state index contributed by atoms with van der Waals surface area (Å²) in [6.07, 6.45) is -4.02. The third-order valence-electron chi connectivity index (χ3n) is 3.69. The summed E-state index contributed by atoms with van der Waals surface area (Å²) >= 11 is 0. The molecule has 1 heterocycles. The number of rotatable bonds is 3. The number of alkyl halides is 3. The molecule has 2 amide bonds. The summed E-state index contributed by atoms with van der Waals surface area (Å²) in [5.41, 5.74) is 1.51. The summed E-state index contributed by atoms with van der Waals surface area (Å²) in [6, 6.07) is 9.82. The van der Waals surface area contributed by atoms with Crippen molar-refractivity contribution in [3.05, 3.63) is 48.0 Å². The van der Waals surface area contributed by atoms with Crippen LogP contribution in [0.1, 0.15) is 19.4 Å². The topological polar surface area (TPSA) is 59.6 Å². The molecule has 0 aromatic heterocycles. The highest BCUT2D eigenvalue weighted by Gasteiger charge is 2.32. The molecule has 5 nitrogen and oxygen atoms in total. The minimum absolute atomic E-state index is 0.325. The molecule has 0 saturated carbocycles. The van der Waals surface area contributed by atoms with Crippen molar-refractivity contribution >= 4 is 17.4 Å². The van der Waals surface area contributed by atoms with Gasteiger partial charge in [0.2, 0.25) is 0 Å². The standard InChI is InChI=1S/C18H17F3N2O3/c1-17(2)10-11-4-3-5-14(15(11)26-17)23-16(24)22-12-6-8-13(9-7-12)25-18(19,20)21/h3-9H,10H2,1-2H3,(H2,22,23,24). The average molecular weight is 366 g/mol. The van der Waals surface area contributed by atoms with Gasteiger partial charge in [-0.25, -0.2) is 4.79 Å². The summed E-state index contributed by atoms with van der Waals surface area (Å²) in [6.45, 7) is 3.92. The minimum atomic E-state index is -4.76. The number of carbonyl (C=O) groups is 1. The summed E-state index contributed by atoms with van der Waals surface area (Å²) < 4.78 is 46.1. The zero-order chi connectivity index (χ0) is 18.9. The van der Waals surface area contributed by atoms with Crippen molar-refractivity contribution in [3.8, 4) is 11.5 Å². The Morgan fingerprint density at radius 3 is 2.46 bits per heavy atom. The molecule has 2 N–H and O–H groups in total. The minimum Gasteiger partial charge on any atom is -0.485 e. The number of ether oxygens (including phenoxy) is 2. The normalized spacial score (nSPS) is 15.0. The van der Waals surface area contributed by atoms with Gasteiger partial charge < -0.3 is 20.1 Å². The van der Waals surface area contributed by atoms with Gasteiger partial charge in [-0.15, -0.1) is 13.2 Å². The Hall–Kier alpha value is -2.90. The van der Waals surface area contributed by atoms with Gasteiger partial charge in [-0.1, -0.05) is 12.1 Å². The van der Waals surface area contributed by atoms with E-state index in [-0.39, 0.29) is 11.4 Å². The Morgan fingerprint density at radius 2 is 1.81 bits per heavy atom. The largest absolute Gasteiger partial charge is 0.573 e. The van der Waals surface area contributed by atoms with Crippen molar-refractivity contribution in [1.82, 2.24) is 0 Å². The van der Waals surface area contributed by atoms with Gasteiger partial charge in [-0.05, 0) is 44.2 Å². The first-order valence-electron chi connectivity index (χ1n) is 7.86. The molecule has 0 unspecified atom stereocenters. The molecule has 0 fully saturated rings. The zero-order valence-electron chi connectivity index (χ0n) is 14.1. The number of benzene rings is 2. The predicted octanol–water partition coefficient (Wildman–Crippen LogP) is 4.94. The van der Waals surface area contributed by atoms with Crippen LogP contribution in [-0.2, 0) is 6.42 Å². The average Bonchev–Trinajstić information content (AvgIpc) is 2.83. The van der Waals surface area contributed by atoms with E-state index >= 15 is 0 Å². The van der Waals surface area contributed by atoms with E-state index in [9.17, 15) is 18.0 Å². The molecule has 2 aromatic rings. The highest BCUT2D eigenvalue weighted by atomic mass is 19.4. The van der Waals surface area contributed by atoms with Crippen LogP contribution >= 0.6 is 0 Å². The Morgan fingerprint density at radius 1 is 1.12 bits per heavy atom. The maximum absolute atomic E-state index is 12.2. The first-order chi connectivity index (χ1) is 12.1. The number of para-hydroxylation sites is 1. The van der Waals surface area contributed by atoms with Crippen LogP contribution in [0.3, 0.4) is 0 Å². The van der Waals surface area contributed by atoms with Crippen molar-refractivity contribution in [2.45, 2.75) is 32.2 Å². The number of urea groups is 1. The number of hydrogen-bond donors (Lipinski definition) is 2. The van der Waals surface area contributed by atoms with Gasteiger partial charge in [0.1, 0.15) is 17.1 Å². The lowest BCUT2D eigenvalue weighted by molar-refractivity contribution is -0.274. The zero-order valence-corrected chi connectivity index (χ0v) is 14.1. The molecule has 26 heavy (non-hydrogen) atoms. The highest BCUT2D eigenvalue weighted by Crippen LogP contribution is 2.40. The number of amides is 2. The van der Waals surface area contributed by atoms with E-state index in [1.165, 1.54) is 12.1 Å². The smallest absolute Gasteiger partial charge is 0.485 e. The van der Waals surface area contributed by atoms with E-state index in [4.69, 9.17) is 4.74 Å². The summed E-state index contributed by atoms with van der Waals surface area (Å²) in [4.78, 5) is 12.2. The van der Waals surface area contributed by atoms with Gasteiger partial charge in [0.15, 0.2) is 0 Å². The molecule has 138 valence electrons. The second-order valence-electron chi connectivity index (χ2n) is 6.48. The third kappa shape index (κ3) is 4.38. The van der Waals surface area contributed by atoms with Crippen LogP contribution in [0.15, 0.2) is 42.5 Å². The summed E-state index contributed by atoms with van der Waals surface area (Å²) in [5, 5.41) is 5.25. The van der Waals surface area contributed by atoms with E-state index in [0.29, 0.717) is 17.1 Å². The van der Waals surface area contributed by atoms with E-state index in [1.54, 1.807) is 6.07 Å². The van der Waals surface area contributed by atoms with Gasteiger partial charge in [0.05, 0.1) is 5.69 Å². The molecule has 0 atom stereocenters. The lowest BCUT2D eigenvalue weighted by atomic mass is 10.0. The number of fused-ring (bicyclic) bond motifs is 1. The Bertz CT molecular complexity index is 817. The molecular formula is C18H17F3N2O3. The van der Waals surface area contributed by atoms with E-state index in [2.05, 4.69) is 15.4 Å². The van der Waals surface area contributed by atoms with E-state index < -0.39 is 12.4 Å². The number of carbonyl (C=O) groups excluding carboxylic acids is 1. The lowest BCUT2D eigenvalue weighted by Gasteiger charge is -2.18. The van der Waals surface area contributed by atoms with Crippen LogP contribution in [0.4, 0.5) is 29.3 Å². The molecule has 0 saturated heterocycles. The Balaban J connectivity index is 1.65. The van der Waals surface area contributed by atoms with E-state index in [0.717, 1.165) is 24.1 Å². The number of halogens is 3. The second-order valence-corrected chi connectivity index (χ2v) is 6.48. The molecule has 3 rings (SSSR count). The molecule has 0 aliphatic carbocycles. The number of anilines is 2. The fourth-order valence-corrected chi connectivity index (χ4v) is 2.74. The SMILES string of the molecule is CC1(C)Cc2cccc(NC(=O)Nc3ccc(OC(F)(F)F)cc3)c2O1. The lowest BCUT2D eigenvalue weighted by Crippen LogP contribution is -2.25. The molecular weight excluding hydrogens is 349 g/mol. The summed E-state index contributed by atoms with van der Waals surface area (Å²) in [5.74, 6) is 0.265. The van der Waals surface area contributed by atoms with Crippen molar-refractivity contribution in [3.63, 3.8) is 0 Å². The van der Waals surface area contributed by atoms with Crippen LogP contribution in [0.2, 0.25) is 0 Å². The van der Waals surface area contributed by atoms with Gasteiger partial charge in [-0.3, -0.25) is 0 Å². The first-order valence-corrected chi connectivity index (χ1v) is 7.86. The van der Waals surface area contributed by atoms with Crippen molar-refractivity contribution in [2.24, 2.45) is 0 Å². The molecule has 2 aromatic carbocycles. The molecule has 0 spiro atoms. The van der Waals surface area contributed by atoms with Crippen molar-refractivity contribution < 1.29 is 27.4 Å². The monoisotopic (exact) mass is 366 g/mol. The maximum Gasteiger partial charge on any atom is 0.573 e. The van der Waals surface area contributed by atoms with Crippen LogP contribution in [0.5, 0.6) is 11.5 Å².